The minimum absolute atomic E-state index is 0.239. The first-order chi connectivity index (χ1) is 17.5. The molecule has 0 aliphatic heterocycles. The van der Waals surface area contributed by atoms with Crippen LogP contribution >= 0.6 is 11.3 Å². The van der Waals surface area contributed by atoms with E-state index in [0.717, 1.165) is 36.1 Å². The van der Waals surface area contributed by atoms with Crippen LogP contribution in [0.15, 0.2) is 48.5 Å². The van der Waals surface area contributed by atoms with E-state index in [1.54, 1.807) is 49.4 Å². The number of aryl methyl sites for hydroxylation is 1. The average molecular weight is 509 g/mol. The molecule has 9 heteroatoms. The van der Waals surface area contributed by atoms with Gasteiger partial charge in [0.2, 0.25) is 0 Å². The van der Waals surface area contributed by atoms with E-state index >= 15 is 0 Å². The molecule has 36 heavy (non-hydrogen) atoms. The highest BCUT2D eigenvalue weighted by atomic mass is 32.1. The Labute approximate surface area is 213 Å². The lowest BCUT2D eigenvalue weighted by Crippen LogP contribution is -2.21. The fourth-order valence-corrected chi connectivity index (χ4v) is 5.32. The van der Waals surface area contributed by atoms with Gasteiger partial charge in [0.1, 0.15) is 16.5 Å². The van der Waals surface area contributed by atoms with Crippen molar-refractivity contribution in [3.05, 3.63) is 70.1 Å². The number of carbonyl (C=O) groups is 3. The van der Waals surface area contributed by atoms with Crippen LogP contribution in [0.3, 0.4) is 0 Å². The molecule has 2 amide bonds. The summed E-state index contributed by atoms with van der Waals surface area (Å²) >= 11 is 1.43. The topological polar surface area (TPSA) is 103 Å². The standard InChI is InChI=1S/C27H28N2O6S/c1-3-34-27(32)24-19-8-4-7-11-22(19)36-26(24)29-23(30)16-35-18-14-12-17(13-15-18)25(31)28-20-9-5-6-10-21(20)33-2/h5-6,9-10,12-15H,3-4,7-8,11,16H2,1-2H3,(H,28,31)(H,29,30). The number of hydrogen-bond donors (Lipinski definition) is 2. The lowest BCUT2D eigenvalue weighted by Gasteiger charge is -2.12. The molecule has 0 atom stereocenters. The fraction of sp³-hybridized carbons (Fsp3) is 0.296. The van der Waals surface area contributed by atoms with Crippen molar-refractivity contribution in [3.63, 3.8) is 0 Å². The second-order valence-electron chi connectivity index (χ2n) is 8.15. The molecule has 0 spiro atoms. The Morgan fingerprint density at radius 3 is 2.47 bits per heavy atom. The van der Waals surface area contributed by atoms with Crippen LogP contribution < -0.4 is 20.1 Å². The molecule has 0 fully saturated rings. The van der Waals surface area contributed by atoms with Crippen molar-refractivity contribution in [2.24, 2.45) is 0 Å². The summed E-state index contributed by atoms with van der Waals surface area (Å²) in [5, 5.41) is 6.15. The molecule has 0 radical (unpaired) electrons. The van der Waals surface area contributed by atoms with Crippen molar-refractivity contribution in [2.45, 2.75) is 32.6 Å². The quantitative estimate of drug-likeness (QED) is 0.391. The molecular weight excluding hydrogens is 480 g/mol. The average Bonchev–Trinajstić information content (AvgIpc) is 3.26. The summed E-state index contributed by atoms with van der Waals surface area (Å²) in [5.41, 5.74) is 2.46. The molecule has 0 bridgehead atoms. The maximum absolute atomic E-state index is 12.6. The van der Waals surface area contributed by atoms with E-state index in [4.69, 9.17) is 14.2 Å². The molecule has 188 valence electrons. The molecule has 1 heterocycles. The second-order valence-corrected chi connectivity index (χ2v) is 9.26. The van der Waals surface area contributed by atoms with Crippen LogP contribution in [0.4, 0.5) is 10.7 Å². The molecule has 0 saturated carbocycles. The van der Waals surface area contributed by atoms with Crippen LogP contribution in [0.1, 0.15) is 50.9 Å². The molecule has 2 N–H and O–H groups in total. The molecule has 0 unspecified atom stereocenters. The van der Waals surface area contributed by atoms with Gasteiger partial charge in [-0.3, -0.25) is 9.59 Å². The number of anilines is 2. The monoisotopic (exact) mass is 508 g/mol. The van der Waals surface area contributed by atoms with Crippen LogP contribution in [-0.2, 0) is 22.4 Å². The minimum Gasteiger partial charge on any atom is -0.495 e. The third kappa shape index (κ3) is 5.85. The molecule has 1 aliphatic rings. The smallest absolute Gasteiger partial charge is 0.341 e. The van der Waals surface area contributed by atoms with Crippen molar-refractivity contribution in [1.29, 1.82) is 0 Å². The van der Waals surface area contributed by atoms with E-state index in [9.17, 15) is 14.4 Å². The zero-order valence-electron chi connectivity index (χ0n) is 20.2. The summed E-state index contributed by atoms with van der Waals surface area (Å²) in [5.74, 6) is -0.0752. The molecule has 3 aromatic rings. The third-order valence-electron chi connectivity index (χ3n) is 5.75. The summed E-state index contributed by atoms with van der Waals surface area (Å²) in [6, 6.07) is 13.6. The lowest BCUT2D eigenvalue weighted by molar-refractivity contribution is -0.118. The highest BCUT2D eigenvalue weighted by Crippen LogP contribution is 2.38. The van der Waals surface area contributed by atoms with Gasteiger partial charge in [-0.15, -0.1) is 11.3 Å². The van der Waals surface area contributed by atoms with Gasteiger partial charge < -0.3 is 24.8 Å². The number of rotatable bonds is 9. The van der Waals surface area contributed by atoms with Gasteiger partial charge in [0.15, 0.2) is 6.61 Å². The van der Waals surface area contributed by atoms with Gasteiger partial charge in [0.05, 0.1) is 25.0 Å². The number of carbonyl (C=O) groups excluding carboxylic acids is 3. The van der Waals surface area contributed by atoms with Crippen LogP contribution in [0.2, 0.25) is 0 Å². The van der Waals surface area contributed by atoms with Crippen LogP contribution in [0.5, 0.6) is 11.5 Å². The largest absolute Gasteiger partial charge is 0.495 e. The molecule has 1 aliphatic carbocycles. The number of fused-ring (bicyclic) bond motifs is 1. The van der Waals surface area contributed by atoms with Crippen molar-refractivity contribution < 1.29 is 28.6 Å². The van der Waals surface area contributed by atoms with Gasteiger partial charge in [0, 0.05) is 10.4 Å². The molecular formula is C27H28N2O6S. The van der Waals surface area contributed by atoms with E-state index in [1.807, 2.05) is 6.07 Å². The predicted molar refractivity (Wildman–Crippen MR) is 138 cm³/mol. The van der Waals surface area contributed by atoms with Gasteiger partial charge in [-0.25, -0.2) is 4.79 Å². The number of esters is 1. The first-order valence-electron chi connectivity index (χ1n) is 11.8. The molecule has 1 aromatic heterocycles. The fourth-order valence-electron chi connectivity index (χ4n) is 4.03. The van der Waals surface area contributed by atoms with Crippen LogP contribution in [0, 0.1) is 0 Å². The van der Waals surface area contributed by atoms with Crippen molar-refractivity contribution in [1.82, 2.24) is 0 Å². The minimum atomic E-state index is -0.407. The number of ether oxygens (including phenoxy) is 3. The maximum atomic E-state index is 12.6. The number of amides is 2. The number of para-hydroxylation sites is 2. The van der Waals surface area contributed by atoms with Gasteiger partial charge in [-0.2, -0.15) is 0 Å². The predicted octanol–water partition coefficient (Wildman–Crippen LogP) is 5.08. The lowest BCUT2D eigenvalue weighted by atomic mass is 9.95. The first kappa shape index (κ1) is 25.2. The molecule has 4 rings (SSSR count). The Bertz CT molecular complexity index is 1250. The van der Waals surface area contributed by atoms with Gasteiger partial charge in [-0.1, -0.05) is 12.1 Å². The van der Waals surface area contributed by atoms with Crippen LogP contribution in [0.25, 0.3) is 0 Å². The summed E-state index contributed by atoms with van der Waals surface area (Å²) in [4.78, 5) is 38.9. The maximum Gasteiger partial charge on any atom is 0.341 e. The van der Waals surface area contributed by atoms with Crippen molar-refractivity contribution in [2.75, 3.05) is 31.0 Å². The summed E-state index contributed by atoms with van der Waals surface area (Å²) in [6.07, 6.45) is 3.79. The molecule has 2 aromatic carbocycles. The van der Waals surface area contributed by atoms with Crippen molar-refractivity contribution >= 4 is 39.8 Å². The van der Waals surface area contributed by atoms with E-state index in [2.05, 4.69) is 10.6 Å². The zero-order valence-corrected chi connectivity index (χ0v) is 21.0. The summed E-state index contributed by atoms with van der Waals surface area (Å²) < 4.78 is 16.1. The Morgan fingerprint density at radius 1 is 0.972 bits per heavy atom. The summed E-state index contributed by atoms with van der Waals surface area (Å²) in [6.45, 7) is 1.79. The van der Waals surface area contributed by atoms with E-state index in [0.29, 0.717) is 33.3 Å². The van der Waals surface area contributed by atoms with Gasteiger partial charge in [0.25, 0.3) is 11.8 Å². The number of methoxy groups -OCH3 is 1. The van der Waals surface area contributed by atoms with E-state index in [-0.39, 0.29) is 25.0 Å². The highest BCUT2D eigenvalue weighted by Gasteiger charge is 2.27. The number of hydrogen-bond acceptors (Lipinski definition) is 7. The zero-order chi connectivity index (χ0) is 25.5. The normalized spacial score (nSPS) is 12.3. The van der Waals surface area contributed by atoms with Crippen LogP contribution in [-0.4, -0.2) is 38.1 Å². The van der Waals surface area contributed by atoms with Gasteiger partial charge >= 0.3 is 5.97 Å². The highest BCUT2D eigenvalue weighted by molar-refractivity contribution is 7.17. The summed E-state index contributed by atoms with van der Waals surface area (Å²) in [7, 11) is 1.54. The number of thiophene rings is 1. The SMILES string of the molecule is CCOC(=O)c1c(NC(=O)COc2ccc(C(=O)Nc3ccccc3OC)cc2)sc2c1CCCC2. The van der Waals surface area contributed by atoms with Gasteiger partial charge in [-0.05, 0) is 74.6 Å². The first-order valence-corrected chi connectivity index (χ1v) is 12.6. The Kier molecular flexibility index (Phi) is 8.22. The Balaban J connectivity index is 1.36. The molecule has 0 saturated heterocycles. The number of benzene rings is 2. The van der Waals surface area contributed by atoms with E-state index < -0.39 is 5.97 Å². The molecule has 8 nitrogen and oxygen atoms in total. The van der Waals surface area contributed by atoms with E-state index in [1.165, 1.54) is 18.4 Å². The number of nitrogens with one attached hydrogen (secondary N) is 2. The Hall–Kier alpha value is -3.85. The Morgan fingerprint density at radius 2 is 1.72 bits per heavy atom. The third-order valence-corrected chi connectivity index (χ3v) is 6.95. The second kappa shape index (κ2) is 11.7. The van der Waals surface area contributed by atoms with Crippen molar-refractivity contribution in [3.8, 4) is 11.5 Å².